The average Bonchev–Trinajstić information content (AvgIpc) is 2.35. The number of carbonyl (C=O) groups excluding carboxylic acids is 1. The Morgan fingerprint density at radius 2 is 1.90 bits per heavy atom. The molecule has 0 saturated heterocycles. The number of anilines is 1. The molecule has 6 heteroatoms. The number of halogens is 1. The molecular formula is C14H17ClN2O3. The van der Waals surface area contributed by atoms with E-state index in [1.165, 1.54) is 0 Å². The minimum Gasteiger partial charge on any atom is -0.481 e. The van der Waals surface area contributed by atoms with E-state index in [4.69, 9.17) is 16.7 Å². The van der Waals surface area contributed by atoms with Crippen LogP contribution < -0.4 is 10.6 Å². The highest BCUT2D eigenvalue weighted by molar-refractivity contribution is 6.30. The van der Waals surface area contributed by atoms with Crippen LogP contribution in [-0.4, -0.2) is 23.7 Å². The van der Waals surface area contributed by atoms with Crippen molar-refractivity contribution in [3.8, 4) is 0 Å². The van der Waals surface area contributed by atoms with Gasteiger partial charge >= 0.3 is 12.0 Å². The lowest BCUT2D eigenvalue weighted by atomic mass is 9.66. The zero-order valence-electron chi connectivity index (χ0n) is 11.0. The summed E-state index contributed by atoms with van der Waals surface area (Å²) in [7, 11) is 0. The monoisotopic (exact) mass is 296 g/mol. The molecule has 1 saturated carbocycles. The maximum Gasteiger partial charge on any atom is 0.319 e. The lowest BCUT2D eigenvalue weighted by Crippen LogP contribution is -2.44. The van der Waals surface area contributed by atoms with Crippen LogP contribution in [0.25, 0.3) is 0 Å². The third kappa shape index (κ3) is 3.87. The highest BCUT2D eigenvalue weighted by atomic mass is 35.5. The van der Waals surface area contributed by atoms with Crippen molar-refractivity contribution in [2.45, 2.75) is 25.7 Å². The molecule has 0 aliphatic heterocycles. The molecule has 3 N–H and O–H groups in total. The summed E-state index contributed by atoms with van der Waals surface area (Å²) in [5.74, 6) is -0.815. The van der Waals surface area contributed by atoms with Crippen LogP contribution in [0, 0.1) is 5.41 Å². The third-order valence-electron chi connectivity index (χ3n) is 3.67. The third-order valence-corrected chi connectivity index (χ3v) is 3.92. The second kappa shape index (κ2) is 6.13. The normalized spacial score (nSPS) is 16.1. The molecule has 2 amide bonds. The molecule has 0 spiro atoms. The summed E-state index contributed by atoms with van der Waals surface area (Å²) in [5.41, 5.74) is 0.371. The first-order chi connectivity index (χ1) is 9.49. The Bertz CT molecular complexity index is 498. The first-order valence-corrected chi connectivity index (χ1v) is 6.89. The van der Waals surface area contributed by atoms with Gasteiger partial charge in [-0.05, 0) is 42.5 Å². The van der Waals surface area contributed by atoms with Crippen molar-refractivity contribution in [3.05, 3.63) is 29.3 Å². The van der Waals surface area contributed by atoms with E-state index >= 15 is 0 Å². The second-order valence-corrected chi connectivity index (χ2v) is 5.68. The van der Waals surface area contributed by atoms with Gasteiger partial charge < -0.3 is 15.7 Å². The number of amides is 2. The lowest BCUT2D eigenvalue weighted by molar-refractivity contribution is -0.141. The van der Waals surface area contributed by atoms with E-state index < -0.39 is 5.97 Å². The number of rotatable bonds is 5. The maximum atomic E-state index is 11.8. The predicted molar refractivity (Wildman–Crippen MR) is 77.0 cm³/mol. The largest absolute Gasteiger partial charge is 0.481 e. The average molecular weight is 297 g/mol. The predicted octanol–water partition coefficient (Wildman–Crippen LogP) is 3.11. The molecule has 1 fully saturated rings. The number of carbonyl (C=O) groups is 2. The Morgan fingerprint density at radius 1 is 1.25 bits per heavy atom. The van der Waals surface area contributed by atoms with Gasteiger partial charge in [0.25, 0.3) is 0 Å². The molecule has 0 unspecified atom stereocenters. The Kier molecular flexibility index (Phi) is 4.49. The highest BCUT2D eigenvalue weighted by Gasteiger charge is 2.39. The Morgan fingerprint density at radius 3 is 2.40 bits per heavy atom. The van der Waals surface area contributed by atoms with E-state index in [0.717, 1.165) is 19.3 Å². The van der Waals surface area contributed by atoms with Crippen LogP contribution in [0.5, 0.6) is 0 Å². The number of hydrogen-bond donors (Lipinski definition) is 3. The lowest BCUT2D eigenvalue weighted by Gasteiger charge is -2.40. The standard InChI is InChI=1S/C14H17ClN2O3/c15-10-2-4-11(5-3-10)17-13(20)16-9-14(6-1-7-14)8-12(18)19/h2-5H,1,6-9H2,(H,18,19)(H2,16,17,20). The van der Waals surface area contributed by atoms with Gasteiger partial charge in [0.15, 0.2) is 0 Å². The first kappa shape index (κ1) is 14.7. The second-order valence-electron chi connectivity index (χ2n) is 5.24. The maximum absolute atomic E-state index is 11.8. The fourth-order valence-electron chi connectivity index (χ4n) is 2.39. The molecule has 1 aromatic carbocycles. The summed E-state index contributed by atoms with van der Waals surface area (Å²) in [6.45, 7) is 0.388. The van der Waals surface area contributed by atoms with E-state index in [1.807, 2.05) is 0 Å². The Balaban J connectivity index is 1.82. The van der Waals surface area contributed by atoms with Crippen LogP contribution in [0.3, 0.4) is 0 Å². The van der Waals surface area contributed by atoms with Crippen LogP contribution in [0.2, 0.25) is 5.02 Å². The Hall–Kier alpha value is -1.75. The van der Waals surface area contributed by atoms with Crippen molar-refractivity contribution in [2.75, 3.05) is 11.9 Å². The van der Waals surface area contributed by atoms with Gasteiger partial charge in [-0.2, -0.15) is 0 Å². The molecule has 0 aromatic heterocycles. The molecule has 0 atom stereocenters. The first-order valence-electron chi connectivity index (χ1n) is 6.51. The molecule has 0 bridgehead atoms. The minimum atomic E-state index is -0.815. The van der Waals surface area contributed by atoms with Crippen LogP contribution >= 0.6 is 11.6 Å². The summed E-state index contributed by atoms with van der Waals surface area (Å²) in [4.78, 5) is 22.6. The van der Waals surface area contributed by atoms with Gasteiger partial charge in [0, 0.05) is 17.3 Å². The summed E-state index contributed by atoms with van der Waals surface area (Å²) < 4.78 is 0. The van der Waals surface area contributed by atoms with Gasteiger partial charge in [-0.3, -0.25) is 4.79 Å². The molecule has 1 aliphatic carbocycles. The molecule has 1 aromatic rings. The quantitative estimate of drug-likeness (QED) is 0.781. The number of carboxylic acids is 1. The zero-order valence-corrected chi connectivity index (χ0v) is 11.7. The summed E-state index contributed by atoms with van der Waals surface area (Å²) in [5, 5.41) is 14.9. The van der Waals surface area contributed by atoms with Crippen molar-refractivity contribution < 1.29 is 14.7 Å². The van der Waals surface area contributed by atoms with Crippen LogP contribution in [0.4, 0.5) is 10.5 Å². The van der Waals surface area contributed by atoms with Gasteiger partial charge in [-0.25, -0.2) is 4.79 Å². The minimum absolute atomic E-state index is 0.105. The van der Waals surface area contributed by atoms with E-state index in [-0.39, 0.29) is 17.9 Å². The Labute approximate surface area is 122 Å². The smallest absolute Gasteiger partial charge is 0.319 e. The van der Waals surface area contributed by atoms with Crippen molar-refractivity contribution in [2.24, 2.45) is 5.41 Å². The van der Waals surface area contributed by atoms with E-state index in [0.29, 0.717) is 17.3 Å². The van der Waals surface area contributed by atoms with Gasteiger partial charge in [0.2, 0.25) is 0 Å². The molecule has 0 radical (unpaired) electrons. The molecule has 2 rings (SSSR count). The van der Waals surface area contributed by atoms with Gasteiger partial charge in [0.05, 0.1) is 6.42 Å². The number of nitrogens with one attached hydrogen (secondary N) is 2. The summed E-state index contributed by atoms with van der Waals surface area (Å²) in [6, 6.07) is 6.46. The zero-order chi connectivity index (χ0) is 14.6. The van der Waals surface area contributed by atoms with Gasteiger partial charge in [-0.1, -0.05) is 18.0 Å². The number of aliphatic carboxylic acids is 1. The summed E-state index contributed by atoms with van der Waals surface area (Å²) in [6.07, 6.45) is 2.82. The fourth-order valence-corrected chi connectivity index (χ4v) is 2.52. The van der Waals surface area contributed by atoms with E-state index in [2.05, 4.69) is 10.6 Å². The number of benzene rings is 1. The van der Waals surface area contributed by atoms with Crippen molar-refractivity contribution in [1.29, 1.82) is 0 Å². The van der Waals surface area contributed by atoms with E-state index in [9.17, 15) is 9.59 Å². The van der Waals surface area contributed by atoms with Crippen molar-refractivity contribution in [3.63, 3.8) is 0 Å². The van der Waals surface area contributed by atoms with Gasteiger partial charge in [0.1, 0.15) is 0 Å². The number of hydrogen-bond acceptors (Lipinski definition) is 2. The fraction of sp³-hybridized carbons (Fsp3) is 0.429. The SMILES string of the molecule is O=C(O)CC1(CNC(=O)Nc2ccc(Cl)cc2)CCC1. The van der Waals surface area contributed by atoms with Crippen LogP contribution in [0.1, 0.15) is 25.7 Å². The molecule has 5 nitrogen and oxygen atoms in total. The molecular weight excluding hydrogens is 280 g/mol. The topological polar surface area (TPSA) is 78.4 Å². The molecule has 0 heterocycles. The van der Waals surface area contributed by atoms with Crippen molar-refractivity contribution in [1.82, 2.24) is 5.32 Å². The van der Waals surface area contributed by atoms with E-state index in [1.54, 1.807) is 24.3 Å². The number of urea groups is 1. The molecule has 1 aliphatic rings. The molecule has 108 valence electrons. The highest BCUT2D eigenvalue weighted by Crippen LogP contribution is 2.43. The van der Waals surface area contributed by atoms with Crippen LogP contribution in [0.15, 0.2) is 24.3 Å². The summed E-state index contributed by atoms with van der Waals surface area (Å²) >= 11 is 5.76. The van der Waals surface area contributed by atoms with Crippen LogP contribution in [-0.2, 0) is 4.79 Å². The van der Waals surface area contributed by atoms with Gasteiger partial charge in [-0.15, -0.1) is 0 Å². The number of carboxylic acid groups (broad SMARTS) is 1. The van der Waals surface area contributed by atoms with Crippen molar-refractivity contribution >= 4 is 29.3 Å². The molecule has 20 heavy (non-hydrogen) atoms.